The SMILES string of the molecule is CCC1CCN(c2ncnc3onc(C)c23)C(C(=O)O)C1. The first-order valence-corrected chi connectivity index (χ1v) is 7.18. The van der Waals surface area contributed by atoms with Crippen molar-refractivity contribution in [3.05, 3.63) is 12.0 Å². The predicted molar refractivity (Wildman–Crippen MR) is 76.1 cm³/mol. The lowest BCUT2D eigenvalue weighted by Gasteiger charge is -2.37. The van der Waals surface area contributed by atoms with Crippen LogP contribution in [-0.4, -0.2) is 38.8 Å². The van der Waals surface area contributed by atoms with Gasteiger partial charge in [-0.05, 0) is 25.7 Å². The Bertz CT molecular complexity index is 669. The van der Waals surface area contributed by atoms with Crippen molar-refractivity contribution in [3.8, 4) is 0 Å². The minimum Gasteiger partial charge on any atom is -0.480 e. The van der Waals surface area contributed by atoms with Crippen molar-refractivity contribution >= 4 is 22.9 Å². The molecule has 0 aromatic carbocycles. The van der Waals surface area contributed by atoms with E-state index in [4.69, 9.17) is 4.52 Å². The predicted octanol–water partition coefficient (Wildman–Crippen LogP) is 2.01. The highest BCUT2D eigenvalue weighted by Crippen LogP contribution is 2.33. The Hall–Kier alpha value is -2.18. The number of fused-ring (bicyclic) bond motifs is 1. The molecule has 3 rings (SSSR count). The number of nitrogens with zero attached hydrogens (tertiary/aromatic N) is 4. The normalized spacial score (nSPS) is 22.7. The van der Waals surface area contributed by atoms with Gasteiger partial charge in [-0.25, -0.2) is 9.78 Å². The lowest BCUT2D eigenvalue weighted by Crippen LogP contribution is -2.47. The average molecular weight is 290 g/mol. The topological polar surface area (TPSA) is 92.4 Å². The van der Waals surface area contributed by atoms with Crippen LogP contribution in [0.15, 0.2) is 10.9 Å². The highest BCUT2D eigenvalue weighted by atomic mass is 16.5. The lowest BCUT2D eigenvalue weighted by atomic mass is 9.89. The lowest BCUT2D eigenvalue weighted by molar-refractivity contribution is -0.139. The standard InChI is InChI=1S/C14H18N4O3/c1-3-9-4-5-18(10(6-9)14(19)20)12-11-8(2)17-21-13(11)16-7-15-12/h7,9-10H,3-6H2,1-2H3,(H,19,20). The number of aryl methyl sites for hydroxylation is 1. The van der Waals surface area contributed by atoms with Gasteiger partial charge in [0.05, 0.1) is 5.69 Å². The number of carboxylic acids is 1. The van der Waals surface area contributed by atoms with E-state index in [1.54, 1.807) is 0 Å². The van der Waals surface area contributed by atoms with E-state index in [1.807, 2.05) is 11.8 Å². The van der Waals surface area contributed by atoms with Crippen LogP contribution in [0.25, 0.3) is 11.1 Å². The van der Waals surface area contributed by atoms with Gasteiger partial charge in [-0.3, -0.25) is 0 Å². The van der Waals surface area contributed by atoms with Gasteiger partial charge in [-0.15, -0.1) is 0 Å². The second-order valence-electron chi connectivity index (χ2n) is 5.49. The third kappa shape index (κ3) is 2.32. The second-order valence-corrected chi connectivity index (χ2v) is 5.49. The van der Waals surface area contributed by atoms with Crippen molar-refractivity contribution in [1.29, 1.82) is 0 Å². The Labute approximate surface area is 122 Å². The Morgan fingerprint density at radius 3 is 3.05 bits per heavy atom. The van der Waals surface area contributed by atoms with Crippen LogP contribution in [0.3, 0.4) is 0 Å². The second kappa shape index (κ2) is 5.31. The zero-order valence-electron chi connectivity index (χ0n) is 12.1. The van der Waals surface area contributed by atoms with E-state index in [2.05, 4.69) is 22.0 Å². The molecule has 2 aromatic heterocycles. The van der Waals surface area contributed by atoms with Crippen molar-refractivity contribution in [1.82, 2.24) is 15.1 Å². The fourth-order valence-corrected chi connectivity index (χ4v) is 3.02. The molecule has 21 heavy (non-hydrogen) atoms. The molecule has 0 radical (unpaired) electrons. The molecule has 1 aliphatic heterocycles. The van der Waals surface area contributed by atoms with E-state index in [9.17, 15) is 9.90 Å². The molecule has 2 unspecified atom stereocenters. The number of piperidine rings is 1. The Balaban J connectivity index is 2.04. The average Bonchev–Trinajstić information content (AvgIpc) is 2.88. The first-order chi connectivity index (χ1) is 10.1. The molecule has 7 nitrogen and oxygen atoms in total. The first-order valence-electron chi connectivity index (χ1n) is 7.18. The first kappa shape index (κ1) is 13.8. The maximum Gasteiger partial charge on any atom is 0.326 e. The number of hydrogen-bond donors (Lipinski definition) is 1. The Kier molecular flexibility index (Phi) is 3.48. The fraction of sp³-hybridized carbons (Fsp3) is 0.571. The van der Waals surface area contributed by atoms with Crippen molar-refractivity contribution in [3.63, 3.8) is 0 Å². The van der Waals surface area contributed by atoms with Crippen LogP contribution in [0.2, 0.25) is 0 Å². The summed E-state index contributed by atoms with van der Waals surface area (Å²) in [7, 11) is 0. The van der Waals surface area contributed by atoms with E-state index in [1.165, 1.54) is 6.33 Å². The Morgan fingerprint density at radius 2 is 2.33 bits per heavy atom. The molecule has 1 fully saturated rings. The number of carbonyl (C=O) groups is 1. The molecule has 3 heterocycles. The van der Waals surface area contributed by atoms with Crippen LogP contribution in [0.5, 0.6) is 0 Å². The van der Waals surface area contributed by atoms with Gasteiger partial charge in [-0.2, -0.15) is 4.98 Å². The van der Waals surface area contributed by atoms with Crippen LogP contribution in [0.4, 0.5) is 5.82 Å². The Morgan fingerprint density at radius 1 is 1.52 bits per heavy atom. The number of aromatic nitrogens is 3. The van der Waals surface area contributed by atoms with E-state index < -0.39 is 12.0 Å². The molecule has 0 spiro atoms. The van der Waals surface area contributed by atoms with Crippen LogP contribution in [0, 0.1) is 12.8 Å². The highest BCUT2D eigenvalue weighted by molar-refractivity contribution is 5.90. The van der Waals surface area contributed by atoms with Gasteiger partial charge in [0.1, 0.15) is 23.6 Å². The van der Waals surface area contributed by atoms with Crippen molar-refractivity contribution < 1.29 is 14.4 Å². The zero-order chi connectivity index (χ0) is 15.0. The number of carboxylic acid groups (broad SMARTS) is 1. The zero-order valence-corrected chi connectivity index (χ0v) is 12.1. The summed E-state index contributed by atoms with van der Waals surface area (Å²) in [5.74, 6) is 0.248. The summed E-state index contributed by atoms with van der Waals surface area (Å²) in [6.07, 6.45) is 4.01. The minimum absolute atomic E-state index is 0.402. The molecule has 2 atom stereocenters. The largest absolute Gasteiger partial charge is 0.480 e. The summed E-state index contributed by atoms with van der Waals surface area (Å²) >= 11 is 0. The van der Waals surface area contributed by atoms with Crippen LogP contribution < -0.4 is 4.90 Å². The summed E-state index contributed by atoms with van der Waals surface area (Å²) in [5.41, 5.74) is 1.08. The van der Waals surface area contributed by atoms with E-state index in [-0.39, 0.29) is 0 Å². The molecule has 112 valence electrons. The maximum absolute atomic E-state index is 11.6. The monoisotopic (exact) mass is 290 g/mol. The van der Waals surface area contributed by atoms with Gasteiger partial charge in [-0.1, -0.05) is 18.5 Å². The van der Waals surface area contributed by atoms with Crippen LogP contribution in [0.1, 0.15) is 31.9 Å². The molecule has 1 saturated heterocycles. The third-order valence-corrected chi connectivity index (χ3v) is 4.27. The molecule has 2 aromatic rings. The summed E-state index contributed by atoms with van der Waals surface area (Å²) in [6.45, 7) is 4.59. The molecular weight excluding hydrogens is 272 g/mol. The molecule has 0 amide bonds. The maximum atomic E-state index is 11.6. The minimum atomic E-state index is -0.811. The van der Waals surface area contributed by atoms with Gasteiger partial charge in [0.15, 0.2) is 0 Å². The summed E-state index contributed by atoms with van der Waals surface area (Å²) in [4.78, 5) is 21.8. The van der Waals surface area contributed by atoms with Crippen molar-refractivity contribution in [2.75, 3.05) is 11.4 Å². The molecule has 1 N–H and O–H groups in total. The van der Waals surface area contributed by atoms with Gasteiger partial charge in [0, 0.05) is 6.54 Å². The number of aliphatic carboxylic acids is 1. The van der Waals surface area contributed by atoms with Crippen LogP contribution in [-0.2, 0) is 4.79 Å². The molecule has 0 aliphatic carbocycles. The van der Waals surface area contributed by atoms with E-state index in [0.29, 0.717) is 41.5 Å². The molecular formula is C14H18N4O3. The number of anilines is 1. The smallest absolute Gasteiger partial charge is 0.326 e. The van der Waals surface area contributed by atoms with Gasteiger partial charge in [0.25, 0.3) is 5.71 Å². The quantitative estimate of drug-likeness (QED) is 0.924. The van der Waals surface area contributed by atoms with E-state index >= 15 is 0 Å². The van der Waals surface area contributed by atoms with E-state index in [0.717, 1.165) is 12.8 Å². The fourth-order valence-electron chi connectivity index (χ4n) is 3.02. The van der Waals surface area contributed by atoms with Gasteiger partial charge >= 0.3 is 5.97 Å². The molecule has 7 heteroatoms. The summed E-state index contributed by atoms with van der Waals surface area (Å²) < 4.78 is 5.14. The van der Waals surface area contributed by atoms with Crippen molar-refractivity contribution in [2.45, 2.75) is 39.2 Å². The molecule has 0 saturated carbocycles. The van der Waals surface area contributed by atoms with Gasteiger partial charge < -0.3 is 14.5 Å². The number of rotatable bonds is 3. The molecule has 1 aliphatic rings. The van der Waals surface area contributed by atoms with Crippen LogP contribution >= 0.6 is 0 Å². The van der Waals surface area contributed by atoms with Crippen molar-refractivity contribution in [2.24, 2.45) is 5.92 Å². The molecule has 0 bridgehead atoms. The number of hydrogen-bond acceptors (Lipinski definition) is 6. The summed E-state index contributed by atoms with van der Waals surface area (Å²) in [6, 6.07) is -0.559. The highest BCUT2D eigenvalue weighted by Gasteiger charge is 2.35. The third-order valence-electron chi connectivity index (χ3n) is 4.27. The summed E-state index contributed by atoms with van der Waals surface area (Å²) in [5, 5.41) is 14.2. The van der Waals surface area contributed by atoms with Gasteiger partial charge in [0.2, 0.25) is 0 Å².